The average molecular weight is 288 g/mol. The number of amides is 1. The van der Waals surface area contributed by atoms with Gasteiger partial charge in [-0.1, -0.05) is 18.2 Å². The minimum Gasteiger partial charge on any atom is -0.340 e. The standard InChI is InChI=1S/C16H20N2OS/c19-16(13-10-20-15-6-2-1-5-12(13)15)18-8-11-4-3-7-17-14(11)9-18/h1-2,5-6,11,13-14,17H,3-4,7-10H2/t11-,13?,14+/m0/s1. The second-order valence-electron chi connectivity index (χ2n) is 6.11. The van der Waals surface area contributed by atoms with E-state index >= 15 is 0 Å². The normalized spacial score (nSPS) is 32.0. The van der Waals surface area contributed by atoms with E-state index in [1.54, 1.807) is 0 Å². The quantitative estimate of drug-likeness (QED) is 0.859. The summed E-state index contributed by atoms with van der Waals surface area (Å²) in [5.41, 5.74) is 1.24. The molecule has 0 spiro atoms. The van der Waals surface area contributed by atoms with Gasteiger partial charge in [0.05, 0.1) is 5.92 Å². The molecule has 3 nitrogen and oxygen atoms in total. The van der Waals surface area contributed by atoms with E-state index in [0.717, 1.165) is 25.4 Å². The zero-order valence-corrected chi connectivity index (χ0v) is 12.4. The largest absolute Gasteiger partial charge is 0.340 e. The summed E-state index contributed by atoms with van der Waals surface area (Å²) in [7, 11) is 0. The molecule has 2 saturated heterocycles. The van der Waals surface area contributed by atoms with E-state index in [4.69, 9.17) is 0 Å². The summed E-state index contributed by atoms with van der Waals surface area (Å²) in [5, 5.41) is 3.58. The van der Waals surface area contributed by atoms with Gasteiger partial charge < -0.3 is 10.2 Å². The molecule has 3 atom stereocenters. The minimum absolute atomic E-state index is 0.0800. The van der Waals surface area contributed by atoms with Crippen molar-refractivity contribution < 1.29 is 4.79 Å². The Morgan fingerprint density at radius 2 is 2.20 bits per heavy atom. The Hall–Kier alpha value is -1.00. The predicted octanol–water partition coefficient (Wildman–Crippen LogP) is 2.09. The van der Waals surface area contributed by atoms with Crippen LogP contribution in [0.1, 0.15) is 24.3 Å². The van der Waals surface area contributed by atoms with Gasteiger partial charge in [0.1, 0.15) is 0 Å². The number of piperidine rings is 1. The van der Waals surface area contributed by atoms with Gasteiger partial charge in [-0.3, -0.25) is 4.79 Å². The SMILES string of the molecule is O=C(C1CSc2ccccc21)N1C[C@@H]2CCCN[C@@H]2C1. The molecule has 2 fully saturated rings. The summed E-state index contributed by atoms with van der Waals surface area (Å²) in [6.45, 7) is 2.98. The summed E-state index contributed by atoms with van der Waals surface area (Å²) in [4.78, 5) is 16.2. The number of benzene rings is 1. The average Bonchev–Trinajstić information content (AvgIpc) is 3.10. The fourth-order valence-electron chi connectivity index (χ4n) is 3.81. The molecule has 1 unspecified atom stereocenters. The third-order valence-corrected chi connectivity index (χ3v) is 6.09. The summed E-state index contributed by atoms with van der Waals surface area (Å²) in [6, 6.07) is 8.92. The van der Waals surface area contributed by atoms with Crippen LogP contribution in [0.2, 0.25) is 0 Å². The molecule has 0 aromatic heterocycles. The van der Waals surface area contributed by atoms with Gasteiger partial charge in [-0.2, -0.15) is 0 Å². The first-order valence-corrected chi connectivity index (χ1v) is 8.55. The topological polar surface area (TPSA) is 32.3 Å². The van der Waals surface area contributed by atoms with Crippen LogP contribution in [0.5, 0.6) is 0 Å². The summed E-state index contributed by atoms with van der Waals surface area (Å²) >= 11 is 1.83. The maximum atomic E-state index is 12.8. The Balaban J connectivity index is 1.51. The number of hydrogen-bond donors (Lipinski definition) is 1. The van der Waals surface area contributed by atoms with Crippen molar-refractivity contribution in [2.75, 3.05) is 25.4 Å². The molecule has 1 N–H and O–H groups in total. The molecule has 0 radical (unpaired) electrons. The Labute approximate surface area is 124 Å². The molecule has 0 saturated carbocycles. The number of hydrogen-bond acceptors (Lipinski definition) is 3. The first kappa shape index (κ1) is 12.7. The Kier molecular flexibility index (Phi) is 3.23. The summed E-state index contributed by atoms with van der Waals surface area (Å²) in [5.74, 6) is 2.02. The van der Waals surface area contributed by atoms with Gasteiger partial charge in [0.15, 0.2) is 0 Å². The Morgan fingerprint density at radius 1 is 1.30 bits per heavy atom. The van der Waals surface area contributed by atoms with E-state index in [1.165, 1.54) is 23.3 Å². The highest BCUT2D eigenvalue weighted by Gasteiger charge is 2.40. The van der Waals surface area contributed by atoms with Gasteiger partial charge in [-0.05, 0) is 36.9 Å². The highest BCUT2D eigenvalue weighted by molar-refractivity contribution is 7.99. The van der Waals surface area contributed by atoms with E-state index in [1.807, 2.05) is 11.8 Å². The van der Waals surface area contributed by atoms with Gasteiger partial charge in [-0.25, -0.2) is 0 Å². The Morgan fingerprint density at radius 3 is 3.10 bits per heavy atom. The lowest BCUT2D eigenvalue weighted by Crippen LogP contribution is -2.41. The molecule has 3 heterocycles. The molecule has 3 aliphatic rings. The molecule has 1 amide bonds. The number of fused-ring (bicyclic) bond motifs is 2. The van der Waals surface area contributed by atoms with Crippen LogP contribution in [0.25, 0.3) is 0 Å². The Bertz CT molecular complexity index is 519. The maximum Gasteiger partial charge on any atom is 0.231 e. The van der Waals surface area contributed by atoms with Crippen LogP contribution in [0.3, 0.4) is 0 Å². The van der Waals surface area contributed by atoms with E-state index in [-0.39, 0.29) is 5.92 Å². The van der Waals surface area contributed by atoms with Crippen molar-refractivity contribution in [3.05, 3.63) is 29.8 Å². The molecule has 4 rings (SSSR count). The molecule has 20 heavy (non-hydrogen) atoms. The number of nitrogens with one attached hydrogen (secondary N) is 1. The highest BCUT2D eigenvalue weighted by Crippen LogP contribution is 2.41. The third kappa shape index (κ3) is 2.06. The third-order valence-electron chi connectivity index (χ3n) is 4.91. The van der Waals surface area contributed by atoms with Crippen LogP contribution < -0.4 is 5.32 Å². The molecular formula is C16H20N2OS. The number of carbonyl (C=O) groups excluding carboxylic acids is 1. The fourth-order valence-corrected chi connectivity index (χ4v) is 5.03. The van der Waals surface area contributed by atoms with Gasteiger partial charge in [-0.15, -0.1) is 11.8 Å². The van der Waals surface area contributed by atoms with Crippen molar-refractivity contribution in [1.29, 1.82) is 0 Å². The van der Waals surface area contributed by atoms with Gasteiger partial charge in [0.2, 0.25) is 5.91 Å². The highest BCUT2D eigenvalue weighted by atomic mass is 32.2. The van der Waals surface area contributed by atoms with Crippen LogP contribution in [-0.2, 0) is 4.79 Å². The number of rotatable bonds is 1. The number of thioether (sulfide) groups is 1. The van der Waals surface area contributed by atoms with E-state index in [0.29, 0.717) is 17.9 Å². The maximum absolute atomic E-state index is 12.8. The smallest absolute Gasteiger partial charge is 0.231 e. The predicted molar refractivity (Wildman–Crippen MR) is 81.0 cm³/mol. The molecule has 0 bridgehead atoms. The first-order chi connectivity index (χ1) is 9.83. The van der Waals surface area contributed by atoms with Crippen molar-refractivity contribution >= 4 is 17.7 Å². The second-order valence-corrected chi connectivity index (χ2v) is 7.17. The van der Waals surface area contributed by atoms with Crippen LogP contribution in [-0.4, -0.2) is 42.2 Å². The van der Waals surface area contributed by atoms with Crippen molar-refractivity contribution in [2.24, 2.45) is 5.92 Å². The first-order valence-electron chi connectivity index (χ1n) is 7.57. The van der Waals surface area contributed by atoms with Crippen molar-refractivity contribution in [3.8, 4) is 0 Å². The minimum atomic E-state index is 0.0800. The van der Waals surface area contributed by atoms with Crippen LogP contribution >= 0.6 is 11.8 Å². The lowest BCUT2D eigenvalue weighted by atomic mass is 9.94. The molecule has 4 heteroatoms. The second kappa shape index (κ2) is 5.08. The lowest BCUT2D eigenvalue weighted by Gasteiger charge is -2.24. The molecule has 106 valence electrons. The zero-order valence-electron chi connectivity index (χ0n) is 11.5. The van der Waals surface area contributed by atoms with Crippen molar-refractivity contribution in [2.45, 2.75) is 29.7 Å². The molecule has 1 aromatic rings. The molecule has 0 aliphatic carbocycles. The fraction of sp³-hybridized carbons (Fsp3) is 0.562. The summed E-state index contributed by atoms with van der Waals surface area (Å²) < 4.78 is 0. The van der Waals surface area contributed by atoms with Crippen LogP contribution in [0.15, 0.2) is 29.2 Å². The lowest BCUT2D eigenvalue weighted by molar-refractivity contribution is -0.131. The van der Waals surface area contributed by atoms with Gasteiger partial charge >= 0.3 is 0 Å². The molecule has 1 aromatic carbocycles. The van der Waals surface area contributed by atoms with Crippen molar-refractivity contribution in [1.82, 2.24) is 10.2 Å². The van der Waals surface area contributed by atoms with Gasteiger partial charge in [0.25, 0.3) is 0 Å². The number of nitrogens with zero attached hydrogens (tertiary/aromatic N) is 1. The van der Waals surface area contributed by atoms with Crippen LogP contribution in [0, 0.1) is 5.92 Å². The summed E-state index contributed by atoms with van der Waals surface area (Å²) in [6.07, 6.45) is 2.53. The van der Waals surface area contributed by atoms with E-state index < -0.39 is 0 Å². The zero-order chi connectivity index (χ0) is 13.5. The number of carbonyl (C=O) groups is 1. The van der Waals surface area contributed by atoms with E-state index in [9.17, 15) is 4.79 Å². The van der Waals surface area contributed by atoms with Crippen LogP contribution in [0.4, 0.5) is 0 Å². The van der Waals surface area contributed by atoms with E-state index in [2.05, 4.69) is 34.5 Å². The molecule has 3 aliphatic heterocycles. The van der Waals surface area contributed by atoms with Crippen molar-refractivity contribution in [3.63, 3.8) is 0 Å². The molecular weight excluding hydrogens is 268 g/mol. The van der Waals surface area contributed by atoms with Gasteiger partial charge in [0, 0.05) is 29.8 Å². The number of likely N-dealkylation sites (tertiary alicyclic amines) is 1. The monoisotopic (exact) mass is 288 g/mol.